The van der Waals surface area contributed by atoms with Gasteiger partial charge in [-0.05, 0) is 53.1 Å². The van der Waals surface area contributed by atoms with Gasteiger partial charge in [0.05, 0.1) is 23.7 Å². The van der Waals surface area contributed by atoms with E-state index in [4.69, 9.17) is 16.0 Å². The number of tetrazole rings is 1. The number of benzene rings is 2. The molecule has 4 aromatic rings. The van der Waals surface area contributed by atoms with Crippen molar-refractivity contribution in [2.24, 2.45) is 0 Å². The first-order valence-corrected chi connectivity index (χ1v) is 11.7. The first-order valence-electron chi connectivity index (χ1n) is 11.3. The molecule has 0 spiro atoms. The zero-order valence-corrected chi connectivity index (χ0v) is 19.3. The minimum Gasteiger partial charge on any atom is -0.460 e. The van der Waals surface area contributed by atoms with Gasteiger partial charge in [0.2, 0.25) is 5.91 Å². The Morgan fingerprint density at radius 1 is 1.09 bits per heavy atom. The zero-order chi connectivity index (χ0) is 23.3. The van der Waals surface area contributed by atoms with Crippen LogP contribution < -0.4 is 5.32 Å². The summed E-state index contributed by atoms with van der Waals surface area (Å²) in [5.74, 6) is 1.49. The van der Waals surface area contributed by atoms with E-state index in [-0.39, 0.29) is 18.0 Å². The van der Waals surface area contributed by atoms with Gasteiger partial charge in [-0.25, -0.2) is 4.68 Å². The third kappa shape index (κ3) is 5.03. The number of hydrogen-bond acceptors (Lipinski definition) is 6. The highest BCUT2D eigenvalue weighted by Crippen LogP contribution is 2.32. The predicted molar refractivity (Wildman–Crippen MR) is 128 cm³/mol. The smallest absolute Gasteiger partial charge is 0.237 e. The summed E-state index contributed by atoms with van der Waals surface area (Å²) in [7, 11) is 0. The number of aromatic nitrogens is 4. The normalized spacial score (nSPS) is 18.3. The van der Waals surface area contributed by atoms with E-state index in [9.17, 15) is 4.79 Å². The molecule has 8 nitrogen and oxygen atoms in total. The Kier molecular flexibility index (Phi) is 6.69. The number of likely N-dealkylation sites (tertiary alicyclic amines) is 1. The fraction of sp³-hybridized carbons (Fsp3) is 0.280. The number of nitrogens with zero attached hydrogens (tertiary/aromatic N) is 5. The first-order chi connectivity index (χ1) is 16.7. The van der Waals surface area contributed by atoms with E-state index in [1.807, 2.05) is 54.6 Å². The number of carbonyl (C=O) groups excluding carboxylic acids is 1. The number of amides is 1. The Bertz CT molecular complexity index is 1230. The van der Waals surface area contributed by atoms with Crippen LogP contribution in [-0.2, 0) is 17.8 Å². The van der Waals surface area contributed by atoms with Crippen molar-refractivity contribution in [2.45, 2.75) is 31.5 Å². The molecular weight excluding hydrogens is 452 g/mol. The fourth-order valence-electron chi connectivity index (χ4n) is 4.42. The Morgan fingerprint density at radius 2 is 1.91 bits per heavy atom. The number of halogens is 1. The van der Waals surface area contributed by atoms with Crippen molar-refractivity contribution < 1.29 is 9.21 Å². The second kappa shape index (κ2) is 10.2. The Hall–Kier alpha value is -3.49. The van der Waals surface area contributed by atoms with Crippen LogP contribution in [0.2, 0.25) is 5.02 Å². The predicted octanol–water partition coefficient (Wildman–Crippen LogP) is 3.76. The molecular formula is C25H25ClN6O2. The van der Waals surface area contributed by atoms with Crippen LogP contribution in [0.3, 0.4) is 0 Å². The molecule has 0 unspecified atom stereocenters. The molecule has 1 fully saturated rings. The van der Waals surface area contributed by atoms with Gasteiger partial charge in [0, 0.05) is 18.7 Å². The SMILES string of the molecule is O=C(NCCc1ccccc1)[C@@H]1C[C@@H](n2cnnn2)CN1Cc1ccc(-c2ccccc2Cl)o1. The number of furan rings is 1. The number of hydrogen-bond donors (Lipinski definition) is 1. The molecule has 0 radical (unpaired) electrons. The van der Waals surface area contributed by atoms with E-state index < -0.39 is 0 Å². The first kappa shape index (κ1) is 22.3. The molecule has 1 saturated heterocycles. The van der Waals surface area contributed by atoms with Gasteiger partial charge < -0.3 is 9.73 Å². The molecule has 2 aromatic heterocycles. The van der Waals surface area contributed by atoms with E-state index >= 15 is 0 Å². The summed E-state index contributed by atoms with van der Waals surface area (Å²) >= 11 is 6.33. The lowest BCUT2D eigenvalue weighted by Gasteiger charge is -2.22. The van der Waals surface area contributed by atoms with Crippen LogP contribution in [0, 0.1) is 0 Å². The average Bonchev–Trinajstić information content (AvgIpc) is 3.62. The summed E-state index contributed by atoms with van der Waals surface area (Å²) in [6, 6.07) is 21.3. The summed E-state index contributed by atoms with van der Waals surface area (Å²) in [6.07, 6.45) is 3.01. The van der Waals surface area contributed by atoms with Crippen molar-refractivity contribution in [3.63, 3.8) is 0 Å². The number of nitrogens with one attached hydrogen (secondary N) is 1. The summed E-state index contributed by atoms with van der Waals surface area (Å²) in [4.78, 5) is 15.3. The molecule has 174 valence electrons. The van der Waals surface area contributed by atoms with Gasteiger partial charge in [0.1, 0.15) is 17.8 Å². The van der Waals surface area contributed by atoms with Gasteiger partial charge in [-0.3, -0.25) is 9.69 Å². The maximum absolute atomic E-state index is 13.2. The molecule has 5 rings (SSSR count). The van der Waals surface area contributed by atoms with Crippen LogP contribution in [0.1, 0.15) is 23.8 Å². The van der Waals surface area contributed by atoms with Crippen molar-refractivity contribution in [3.05, 3.63) is 89.4 Å². The van der Waals surface area contributed by atoms with E-state index in [1.165, 1.54) is 5.56 Å². The topological polar surface area (TPSA) is 89.1 Å². The van der Waals surface area contributed by atoms with Gasteiger partial charge in [-0.1, -0.05) is 54.1 Å². The third-order valence-corrected chi connectivity index (χ3v) is 6.47. The number of rotatable bonds is 8. The molecule has 0 bridgehead atoms. The largest absolute Gasteiger partial charge is 0.460 e. The van der Waals surface area contributed by atoms with Crippen molar-refractivity contribution in [2.75, 3.05) is 13.1 Å². The van der Waals surface area contributed by atoms with Crippen LogP contribution in [0.5, 0.6) is 0 Å². The summed E-state index contributed by atoms with van der Waals surface area (Å²) in [5, 5.41) is 15.3. The van der Waals surface area contributed by atoms with E-state index in [1.54, 1.807) is 11.0 Å². The molecule has 0 saturated carbocycles. The highest BCUT2D eigenvalue weighted by molar-refractivity contribution is 6.33. The Balaban J connectivity index is 1.28. The molecule has 1 N–H and O–H groups in total. The minimum absolute atomic E-state index is 0.00406. The van der Waals surface area contributed by atoms with E-state index in [2.05, 4.69) is 37.9 Å². The van der Waals surface area contributed by atoms with Gasteiger partial charge in [0.15, 0.2) is 0 Å². The van der Waals surface area contributed by atoms with Crippen LogP contribution in [-0.4, -0.2) is 50.1 Å². The monoisotopic (exact) mass is 476 g/mol. The van der Waals surface area contributed by atoms with Crippen LogP contribution in [0.4, 0.5) is 0 Å². The minimum atomic E-state index is -0.307. The molecule has 2 atom stereocenters. The molecule has 3 heterocycles. The highest BCUT2D eigenvalue weighted by atomic mass is 35.5. The van der Waals surface area contributed by atoms with Gasteiger partial charge in [0.25, 0.3) is 0 Å². The third-order valence-electron chi connectivity index (χ3n) is 6.14. The van der Waals surface area contributed by atoms with Crippen molar-refractivity contribution in [3.8, 4) is 11.3 Å². The molecule has 1 aliphatic rings. The van der Waals surface area contributed by atoms with Gasteiger partial charge >= 0.3 is 0 Å². The lowest BCUT2D eigenvalue weighted by molar-refractivity contribution is -0.125. The maximum atomic E-state index is 13.2. The molecule has 1 aliphatic heterocycles. The Morgan fingerprint density at radius 3 is 2.71 bits per heavy atom. The quantitative estimate of drug-likeness (QED) is 0.416. The average molecular weight is 477 g/mol. The van der Waals surface area contributed by atoms with Gasteiger partial charge in [-0.15, -0.1) is 5.10 Å². The van der Waals surface area contributed by atoms with E-state index in [0.717, 1.165) is 17.7 Å². The lowest BCUT2D eigenvalue weighted by atomic mass is 10.1. The molecule has 9 heteroatoms. The summed E-state index contributed by atoms with van der Waals surface area (Å²) in [6.45, 7) is 1.73. The molecule has 34 heavy (non-hydrogen) atoms. The molecule has 0 aliphatic carbocycles. The van der Waals surface area contributed by atoms with Crippen molar-refractivity contribution in [1.29, 1.82) is 0 Å². The lowest BCUT2D eigenvalue weighted by Crippen LogP contribution is -2.43. The standard InChI is InChI=1S/C25H25ClN6O2/c26-22-9-5-4-8-21(22)24-11-10-20(34-24)16-31-15-19(32-17-28-29-30-32)14-23(31)25(33)27-13-12-18-6-2-1-3-7-18/h1-11,17,19,23H,12-16H2,(H,27,33)/t19-,23+/m1/s1. The second-order valence-corrected chi connectivity index (χ2v) is 8.80. The van der Waals surface area contributed by atoms with Crippen LogP contribution >= 0.6 is 11.6 Å². The zero-order valence-electron chi connectivity index (χ0n) is 18.5. The van der Waals surface area contributed by atoms with Gasteiger partial charge in [-0.2, -0.15) is 0 Å². The molecule has 2 aromatic carbocycles. The second-order valence-electron chi connectivity index (χ2n) is 8.40. The van der Waals surface area contributed by atoms with Crippen LogP contribution in [0.25, 0.3) is 11.3 Å². The summed E-state index contributed by atoms with van der Waals surface area (Å²) in [5.41, 5.74) is 2.04. The Labute approximate surface area is 202 Å². The number of carbonyl (C=O) groups is 1. The summed E-state index contributed by atoms with van der Waals surface area (Å²) < 4.78 is 7.82. The van der Waals surface area contributed by atoms with Crippen molar-refractivity contribution >= 4 is 17.5 Å². The van der Waals surface area contributed by atoms with Crippen LogP contribution in [0.15, 0.2) is 77.5 Å². The highest BCUT2D eigenvalue weighted by Gasteiger charge is 2.38. The fourth-order valence-corrected chi connectivity index (χ4v) is 4.64. The molecule has 1 amide bonds. The maximum Gasteiger partial charge on any atom is 0.237 e. The van der Waals surface area contributed by atoms with Crippen molar-refractivity contribution in [1.82, 2.24) is 30.4 Å². The van der Waals surface area contributed by atoms with E-state index in [0.29, 0.717) is 36.8 Å².